The summed E-state index contributed by atoms with van der Waals surface area (Å²) in [6.45, 7) is 0. The fraction of sp³-hybridized carbons (Fsp3) is 1.00. The topological polar surface area (TPSA) is 60.2 Å². The maximum absolute atomic E-state index is 10.8. The summed E-state index contributed by atoms with van der Waals surface area (Å²) in [4.78, 5) is 0. The summed E-state index contributed by atoms with van der Waals surface area (Å²) in [6, 6.07) is 0. The molecule has 0 aliphatic carbocycles. The van der Waals surface area contributed by atoms with Crippen molar-refractivity contribution in [2.45, 2.75) is 5.51 Å². The molecule has 0 aromatic carbocycles. The Hall–Kier alpha value is 1.34. The van der Waals surface area contributed by atoms with Gasteiger partial charge < -0.3 is 0 Å². The molecule has 9 heavy (non-hydrogen) atoms. The SMILES string of the molecule is NS(=O)(=O)C(F)(F)F.[KH]. The molecule has 2 N–H and O–H groups in total. The van der Waals surface area contributed by atoms with Crippen molar-refractivity contribution in [2.24, 2.45) is 5.14 Å². The fourth-order valence-corrected chi connectivity index (χ4v) is 0. The standard InChI is InChI=1S/CH2F3NO2S.K.H/c2-1(3,4)8(5,6)7;;/h(H2,5,6,7);;. The van der Waals surface area contributed by atoms with Gasteiger partial charge in [0.2, 0.25) is 0 Å². The fourth-order valence-electron chi connectivity index (χ4n) is 0. The molecule has 0 spiro atoms. The van der Waals surface area contributed by atoms with Crippen LogP contribution in [0.1, 0.15) is 0 Å². The number of rotatable bonds is 0. The Labute approximate surface area is 92.3 Å². The molecular weight excluding hydrogens is 186 g/mol. The second-order valence-corrected chi connectivity index (χ2v) is 2.54. The monoisotopic (exact) mass is 189 g/mol. The first-order chi connectivity index (χ1) is 3.25. The van der Waals surface area contributed by atoms with Crippen LogP contribution in [-0.2, 0) is 10.0 Å². The normalized spacial score (nSPS) is 12.4. The van der Waals surface area contributed by atoms with Crippen LogP contribution in [-0.4, -0.2) is 65.3 Å². The third-order valence-electron chi connectivity index (χ3n) is 0.323. The molecule has 0 radical (unpaired) electrons. The zero-order valence-electron chi connectivity index (χ0n) is 3.44. The van der Waals surface area contributed by atoms with Crippen molar-refractivity contribution >= 4 is 61.4 Å². The van der Waals surface area contributed by atoms with E-state index >= 15 is 0 Å². The summed E-state index contributed by atoms with van der Waals surface area (Å²) in [5.41, 5.74) is -5.31. The molecule has 0 rings (SSSR count). The summed E-state index contributed by atoms with van der Waals surface area (Å²) in [5, 5.41) is 3.66. The Balaban J connectivity index is 0. The van der Waals surface area contributed by atoms with Gasteiger partial charge in [-0.3, -0.25) is 0 Å². The van der Waals surface area contributed by atoms with Gasteiger partial charge in [-0.1, -0.05) is 0 Å². The van der Waals surface area contributed by atoms with Crippen LogP contribution >= 0.6 is 0 Å². The molecule has 3 nitrogen and oxygen atoms in total. The predicted octanol–water partition coefficient (Wildman–Crippen LogP) is -0.854. The number of hydrogen-bond donors (Lipinski definition) is 1. The average Bonchev–Trinajstić information content (AvgIpc) is 1.25. The Morgan fingerprint density at radius 3 is 1.33 bits per heavy atom. The molecular formula is CH3F3KNO2S. The molecule has 0 amide bonds. The van der Waals surface area contributed by atoms with Crippen LogP contribution in [0, 0.1) is 0 Å². The van der Waals surface area contributed by atoms with Crippen molar-refractivity contribution in [3.05, 3.63) is 0 Å². The van der Waals surface area contributed by atoms with Gasteiger partial charge in [-0.2, -0.15) is 13.2 Å². The Morgan fingerprint density at radius 1 is 1.22 bits per heavy atom. The van der Waals surface area contributed by atoms with E-state index in [9.17, 15) is 21.6 Å². The van der Waals surface area contributed by atoms with E-state index in [1.165, 1.54) is 0 Å². The number of primary sulfonamides is 1. The van der Waals surface area contributed by atoms with Crippen molar-refractivity contribution in [1.29, 1.82) is 0 Å². The third kappa shape index (κ3) is 4.70. The van der Waals surface area contributed by atoms with Gasteiger partial charge in [-0.15, -0.1) is 0 Å². The van der Waals surface area contributed by atoms with Gasteiger partial charge in [0.25, 0.3) is 0 Å². The average molecular weight is 189 g/mol. The van der Waals surface area contributed by atoms with E-state index in [0.717, 1.165) is 0 Å². The van der Waals surface area contributed by atoms with E-state index in [2.05, 4.69) is 5.14 Å². The number of alkyl halides is 3. The van der Waals surface area contributed by atoms with E-state index in [1.807, 2.05) is 0 Å². The van der Waals surface area contributed by atoms with Crippen LogP contribution in [0.15, 0.2) is 0 Å². The minimum absolute atomic E-state index is 0. The summed E-state index contributed by atoms with van der Waals surface area (Å²) in [7, 11) is -5.34. The third-order valence-corrected chi connectivity index (χ3v) is 0.968. The minimum atomic E-state index is -5.34. The van der Waals surface area contributed by atoms with E-state index in [1.54, 1.807) is 0 Å². The van der Waals surface area contributed by atoms with E-state index < -0.39 is 15.5 Å². The van der Waals surface area contributed by atoms with Gasteiger partial charge in [0.15, 0.2) is 0 Å². The second-order valence-electron chi connectivity index (χ2n) is 0.991. The quantitative estimate of drug-likeness (QED) is 0.504. The van der Waals surface area contributed by atoms with Gasteiger partial charge in [-0.25, -0.2) is 13.6 Å². The molecule has 0 saturated heterocycles. The Bertz CT molecular complexity index is 171. The molecule has 52 valence electrons. The van der Waals surface area contributed by atoms with Crippen LogP contribution in [0.2, 0.25) is 0 Å². The molecule has 0 saturated carbocycles. The molecule has 0 atom stereocenters. The van der Waals surface area contributed by atoms with Crippen LogP contribution in [0.3, 0.4) is 0 Å². The van der Waals surface area contributed by atoms with Crippen molar-refractivity contribution < 1.29 is 21.6 Å². The van der Waals surface area contributed by atoms with Crippen molar-refractivity contribution in [3.8, 4) is 0 Å². The summed E-state index contributed by atoms with van der Waals surface area (Å²) in [5.74, 6) is 0. The molecule has 0 unspecified atom stereocenters. The Morgan fingerprint density at radius 2 is 1.33 bits per heavy atom. The molecule has 0 aliphatic rings. The number of hydrogen-bond acceptors (Lipinski definition) is 2. The summed E-state index contributed by atoms with van der Waals surface area (Å²) in [6.07, 6.45) is 0. The van der Waals surface area contributed by atoms with Crippen molar-refractivity contribution in [1.82, 2.24) is 0 Å². The number of nitrogens with two attached hydrogens (primary N) is 1. The molecule has 0 fully saturated rings. The maximum atomic E-state index is 10.8. The van der Waals surface area contributed by atoms with Gasteiger partial charge in [0.1, 0.15) is 0 Å². The second kappa shape index (κ2) is 3.65. The van der Waals surface area contributed by atoms with Gasteiger partial charge in [0, 0.05) is 0 Å². The number of halogens is 3. The zero-order valence-corrected chi connectivity index (χ0v) is 4.25. The first-order valence-corrected chi connectivity index (χ1v) is 2.89. The van der Waals surface area contributed by atoms with Crippen molar-refractivity contribution in [2.75, 3.05) is 0 Å². The molecule has 0 bridgehead atoms. The van der Waals surface area contributed by atoms with Gasteiger partial charge in [0.05, 0.1) is 0 Å². The van der Waals surface area contributed by atoms with Gasteiger partial charge in [-0.05, 0) is 0 Å². The van der Waals surface area contributed by atoms with Gasteiger partial charge >= 0.3 is 66.9 Å². The first-order valence-electron chi connectivity index (χ1n) is 1.34. The van der Waals surface area contributed by atoms with Crippen molar-refractivity contribution in [3.63, 3.8) is 0 Å². The number of sulfonamides is 1. The van der Waals surface area contributed by atoms with Crippen LogP contribution in [0.25, 0.3) is 0 Å². The first kappa shape index (κ1) is 13.0. The zero-order chi connectivity index (χ0) is 7.00. The van der Waals surface area contributed by atoms with E-state index in [0.29, 0.717) is 0 Å². The van der Waals surface area contributed by atoms with Crippen LogP contribution < -0.4 is 5.14 Å². The van der Waals surface area contributed by atoms with Crippen LogP contribution in [0.4, 0.5) is 13.2 Å². The molecule has 8 heteroatoms. The van der Waals surface area contributed by atoms with Crippen LogP contribution in [0.5, 0.6) is 0 Å². The van der Waals surface area contributed by atoms with E-state index in [-0.39, 0.29) is 51.4 Å². The van der Waals surface area contributed by atoms with E-state index in [4.69, 9.17) is 0 Å². The Kier molecular flexibility index (Phi) is 5.26. The molecule has 0 aromatic rings. The summed E-state index contributed by atoms with van der Waals surface area (Å²) < 4.78 is 51.2. The molecule has 0 aromatic heterocycles. The molecule has 0 aliphatic heterocycles. The predicted molar refractivity (Wildman–Crippen MR) is 26.3 cm³/mol. The summed E-state index contributed by atoms with van der Waals surface area (Å²) >= 11 is 0. The molecule has 0 heterocycles.